The molecule has 0 radical (unpaired) electrons. The number of nitrogens with zero attached hydrogens (tertiary/aromatic N) is 1. The Hall–Kier alpha value is -1.71. The Labute approximate surface area is 113 Å². The fourth-order valence-electron chi connectivity index (χ4n) is 2.89. The second-order valence-electron chi connectivity index (χ2n) is 5.65. The predicted molar refractivity (Wildman–Crippen MR) is 73.6 cm³/mol. The molecular weight excluding hydrogens is 242 g/mol. The molecule has 1 atom stereocenters. The number of carbonyl (C=O) groups is 1. The van der Waals surface area contributed by atoms with Crippen molar-refractivity contribution in [1.82, 2.24) is 4.90 Å². The van der Waals surface area contributed by atoms with E-state index >= 15 is 0 Å². The van der Waals surface area contributed by atoms with Crippen molar-refractivity contribution < 1.29 is 15.0 Å². The lowest BCUT2D eigenvalue weighted by Gasteiger charge is -2.24. The van der Waals surface area contributed by atoms with Crippen LogP contribution in [0.3, 0.4) is 0 Å². The molecule has 0 spiro atoms. The Bertz CT molecular complexity index is 470. The van der Waals surface area contributed by atoms with Gasteiger partial charge in [-0.05, 0) is 36.0 Å². The highest BCUT2D eigenvalue weighted by Crippen LogP contribution is 2.34. The highest BCUT2D eigenvalue weighted by molar-refractivity contribution is 5.65. The number of fused-ring (bicyclic) bond motifs is 1. The maximum absolute atomic E-state index is 11.2. The van der Waals surface area contributed by atoms with Gasteiger partial charge in [0.15, 0.2) is 0 Å². The van der Waals surface area contributed by atoms with E-state index in [0.717, 1.165) is 17.5 Å². The molecule has 1 unspecified atom stereocenters. The van der Waals surface area contributed by atoms with Crippen molar-refractivity contribution in [2.24, 2.45) is 5.92 Å². The first-order valence-electron chi connectivity index (χ1n) is 6.77. The molecule has 0 saturated carbocycles. The Morgan fingerprint density at radius 3 is 2.84 bits per heavy atom. The smallest absolute Gasteiger partial charge is 0.407 e. The van der Waals surface area contributed by atoms with Gasteiger partial charge in [0.05, 0.1) is 0 Å². The molecule has 4 nitrogen and oxygen atoms in total. The molecule has 4 heteroatoms. The van der Waals surface area contributed by atoms with Crippen molar-refractivity contribution in [3.05, 3.63) is 29.3 Å². The summed E-state index contributed by atoms with van der Waals surface area (Å²) >= 11 is 0. The first-order valence-corrected chi connectivity index (χ1v) is 6.77. The maximum atomic E-state index is 11.2. The Morgan fingerprint density at radius 2 is 2.21 bits per heavy atom. The van der Waals surface area contributed by atoms with Crippen molar-refractivity contribution in [1.29, 1.82) is 0 Å². The summed E-state index contributed by atoms with van der Waals surface area (Å²) < 4.78 is 0. The lowest BCUT2D eigenvalue weighted by molar-refractivity contribution is 0.142. The number of hydrogen-bond acceptors (Lipinski definition) is 2. The Morgan fingerprint density at radius 1 is 1.47 bits per heavy atom. The molecule has 0 bridgehead atoms. The molecule has 104 valence electrons. The minimum absolute atomic E-state index is 0.167. The lowest BCUT2D eigenvalue weighted by atomic mass is 9.87. The van der Waals surface area contributed by atoms with Gasteiger partial charge >= 0.3 is 6.09 Å². The van der Waals surface area contributed by atoms with E-state index in [-0.39, 0.29) is 5.92 Å². The number of phenols is 1. The number of carboxylic acid groups (broad SMARTS) is 1. The van der Waals surface area contributed by atoms with Crippen molar-refractivity contribution >= 4 is 6.09 Å². The van der Waals surface area contributed by atoms with Gasteiger partial charge in [0.1, 0.15) is 5.75 Å². The normalized spacial score (nSPS) is 19.1. The molecule has 1 aromatic rings. The number of hydrogen-bond donors (Lipinski definition) is 2. The van der Waals surface area contributed by atoms with E-state index in [2.05, 4.69) is 13.8 Å². The zero-order valence-electron chi connectivity index (χ0n) is 11.5. The van der Waals surface area contributed by atoms with Crippen molar-refractivity contribution in [3.8, 4) is 5.75 Å². The molecule has 1 aliphatic heterocycles. The highest BCUT2D eigenvalue weighted by atomic mass is 16.4. The van der Waals surface area contributed by atoms with Crippen LogP contribution in [0.2, 0.25) is 0 Å². The average Bonchev–Trinajstić information content (AvgIpc) is 2.50. The third-order valence-electron chi connectivity index (χ3n) is 3.73. The molecule has 1 aliphatic rings. The second-order valence-corrected chi connectivity index (χ2v) is 5.65. The number of benzene rings is 1. The van der Waals surface area contributed by atoms with E-state index in [1.54, 1.807) is 6.07 Å². The number of aromatic hydroxyl groups is 1. The number of rotatable bonds is 2. The van der Waals surface area contributed by atoms with Gasteiger partial charge in [-0.15, -0.1) is 0 Å². The van der Waals surface area contributed by atoms with Gasteiger partial charge in [-0.2, -0.15) is 0 Å². The van der Waals surface area contributed by atoms with E-state index in [0.29, 0.717) is 31.2 Å². The largest absolute Gasteiger partial charge is 0.508 e. The minimum atomic E-state index is -0.874. The van der Waals surface area contributed by atoms with Crippen LogP contribution in [0.5, 0.6) is 5.75 Å². The van der Waals surface area contributed by atoms with Crippen molar-refractivity contribution in [2.75, 3.05) is 13.1 Å². The van der Waals surface area contributed by atoms with Crippen LogP contribution in [-0.2, 0) is 6.42 Å². The number of phenolic OH excluding ortho intramolecular Hbond substituents is 1. The van der Waals surface area contributed by atoms with Crippen LogP contribution in [0.1, 0.15) is 37.3 Å². The second kappa shape index (κ2) is 5.51. The summed E-state index contributed by atoms with van der Waals surface area (Å²) in [7, 11) is 0. The Kier molecular flexibility index (Phi) is 3.98. The number of amides is 1. The van der Waals surface area contributed by atoms with Crippen LogP contribution in [0.15, 0.2) is 18.2 Å². The fraction of sp³-hybridized carbons (Fsp3) is 0.533. The zero-order valence-corrected chi connectivity index (χ0v) is 11.5. The Balaban J connectivity index is 2.37. The minimum Gasteiger partial charge on any atom is -0.508 e. The first-order chi connectivity index (χ1) is 8.99. The highest BCUT2D eigenvalue weighted by Gasteiger charge is 2.27. The lowest BCUT2D eigenvalue weighted by Crippen LogP contribution is -2.33. The molecule has 19 heavy (non-hydrogen) atoms. The summed E-state index contributed by atoms with van der Waals surface area (Å²) in [6.45, 7) is 5.25. The van der Waals surface area contributed by atoms with Crippen LogP contribution in [0.25, 0.3) is 0 Å². The molecule has 0 fully saturated rings. The summed E-state index contributed by atoms with van der Waals surface area (Å²) in [4.78, 5) is 12.7. The van der Waals surface area contributed by atoms with Gasteiger partial charge < -0.3 is 15.1 Å². The maximum Gasteiger partial charge on any atom is 0.407 e. The van der Waals surface area contributed by atoms with Crippen molar-refractivity contribution in [2.45, 2.75) is 32.6 Å². The van der Waals surface area contributed by atoms with Gasteiger partial charge in [-0.3, -0.25) is 0 Å². The van der Waals surface area contributed by atoms with Crippen LogP contribution in [0.4, 0.5) is 4.79 Å². The average molecular weight is 263 g/mol. The van der Waals surface area contributed by atoms with Crippen LogP contribution < -0.4 is 0 Å². The molecule has 1 aromatic carbocycles. The van der Waals surface area contributed by atoms with Gasteiger partial charge in [-0.1, -0.05) is 26.0 Å². The van der Waals surface area contributed by atoms with Crippen LogP contribution in [0, 0.1) is 5.92 Å². The molecular formula is C15H21NO3. The first kappa shape index (κ1) is 13.7. The molecule has 2 N–H and O–H groups in total. The molecule has 2 rings (SSSR count). The summed E-state index contributed by atoms with van der Waals surface area (Å²) in [5.41, 5.74) is 2.02. The summed E-state index contributed by atoms with van der Waals surface area (Å²) in [6.07, 6.45) is 0.643. The topological polar surface area (TPSA) is 60.8 Å². The van der Waals surface area contributed by atoms with Crippen LogP contribution in [-0.4, -0.2) is 34.3 Å². The van der Waals surface area contributed by atoms with E-state index in [1.807, 2.05) is 12.1 Å². The zero-order chi connectivity index (χ0) is 14.0. The summed E-state index contributed by atoms with van der Waals surface area (Å²) in [6, 6.07) is 5.55. The molecule has 1 heterocycles. The molecule has 0 saturated heterocycles. The monoisotopic (exact) mass is 263 g/mol. The van der Waals surface area contributed by atoms with Crippen LogP contribution >= 0.6 is 0 Å². The predicted octanol–water partition coefficient (Wildman–Crippen LogP) is 3.06. The molecule has 0 aromatic heterocycles. The van der Waals surface area contributed by atoms with E-state index in [4.69, 9.17) is 0 Å². The van der Waals surface area contributed by atoms with Crippen molar-refractivity contribution in [3.63, 3.8) is 0 Å². The summed E-state index contributed by atoms with van der Waals surface area (Å²) in [5.74, 6) is 0.952. The van der Waals surface area contributed by atoms with Gasteiger partial charge in [-0.25, -0.2) is 4.79 Å². The molecule has 1 amide bonds. The van der Waals surface area contributed by atoms with E-state index < -0.39 is 6.09 Å². The standard InChI is InChI=1S/C15H21NO3/c1-10(2)8-11-9-16(15(18)19)7-6-13-12(11)4-3-5-14(13)17/h3-5,10-11,17H,6-9H2,1-2H3,(H,18,19). The third-order valence-corrected chi connectivity index (χ3v) is 3.73. The SMILES string of the molecule is CC(C)CC1CN(C(=O)O)CCc2c(O)cccc21. The van der Waals surface area contributed by atoms with Gasteiger partial charge in [0.2, 0.25) is 0 Å². The van der Waals surface area contributed by atoms with Gasteiger partial charge in [0, 0.05) is 19.0 Å². The quantitative estimate of drug-likeness (QED) is 0.862. The van der Waals surface area contributed by atoms with E-state index in [1.165, 1.54) is 4.90 Å². The van der Waals surface area contributed by atoms with Gasteiger partial charge in [0.25, 0.3) is 0 Å². The van der Waals surface area contributed by atoms with E-state index in [9.17, 15) is 15.0 Å². The third kappa shape index (κ3) is 3.00. The summed E-state index contributed by atoms with van der Waals surface area (Å²) in [5, 5.41) is 19.2. The molecule has 0 aliphatic carbocycles. The fourth-order valence-corrected chi connectivity index (χ4v) is 2.89.